The number of hydrogen-bond acceptors (Lipinski definition) is 12. The Kier molecular flexibility index (Phi) is 22.9. The number of hydrogen-bond donors (Lipinski definition) is 13. The van der Waals surface area contributed by atoms with Crippen molar-refractivity contribution >= 4 is 53.3 Å². The second kappa shape index (κ2) is 27.4. The Morgan fingerprint density at radius 2 is 1.11 bits per heavy atom. The minimum absolute atomic E-state index is 0.0318. The van der Waals surface area contributed by atoms with Gasteiger partial charge in [0, 0.05) is 19.4 Å². The molecule has 22 heteroatoms. The second-order valence-corrected chi connectivity index (χ2v) is 16.6. The number of nitrogens with one attached hydrogen (secondary N) is 6. The molecule has 0 saturated carbocycles. The Balaban J connectivity index is 2.35. The van der Waals surface area contributed by atoms with Crippen LogP contribution in [0.4, 0.5) is 0 Å². The smallest absolute Gasteiger partial charge is 0.303 e. The van der Waals surface area contributed by atoms with Crippen LogP contribution in [0.1, 0.15) is 84.3 Å². The van der Waals surface area contributed by atoms with E-state index in [4.69, 9.17) is 22.9 Å². The van der Waals surface area contributed by atoms with Crippen molar-refractivity contribution in [1.82, 2.24) is 31.9 Å². The molecule has 0 aromatic heterocycles. The van der Waals surface area contributed by atoms with Gasteiger partial charge in [-0.1, -0.05) is 58.4 Å². The van der Waals surface area contributed by atoms with E-state index in [-0.39, 0.29) is 55.6 Å². The maximum absolute atomic E-state index is 14.2. The van der Waals surface area contributed by atoms with E-state index < -0.39 is 108 Å². The molecule has 0 bridgehead atoms. The molecule has 0 aliphatic heterocycles. The van der Waals surface area contributed by atoms with Gasteiger partial charge in [-0.05, 0) is 86.3 Å². The third-order valence-electron chi connectivity index (χ3n) is 10.5. The molecular weight excluding hydrogens is 859 g/mol. The number of aliphatic imine (C=N–C) groups is 1. The summed E-state index contributed by atoms with van der Waals surface area (Å²) in [6.45, 7) is 8.54. The number of primary amides is 1. The van der Waals surface area contributed by atoms with E-state index >= 15 is 0 Å². The molecule has 0 unspecified atom stereocenters. The zero-order valence-corrected chi connectivity index (χ0v) is 38.0. The van der Waals surface area contributed by atoms with Gasteiger partial charge < -0.3 is 70.2 Å². The number of nitrogens with two attached hydrogens (primary N) is 4. The number of phenols is 2. The molecule has 364 valence electrons. The number of rotatable bonds is 28. The Morgan fingerprint density at radius 3 is 1.62 bits per heavy atom. The number of carbonyl (C=O) groups excluding carboxylic acids is 7. The van der Waals surface area contributed by atoms with Gasteiger partial charge in [0.05, 0.1) is 6.04 Å². The Labute approximate surface area is 383 Å². The van der Waals surface area contributed by atoms with E-state index in [1.807, 2.05) is 13.8 Å². The Hall–Kier alpha value is -6.97. The van der Waals surface area contributed by atoms with Crippen LogP contribution in [-0.4, -0.2) is 117 Å². The van der Waals surface area contributed by atoms with Crippen LogP contribution in [0.5, 0.6) is 11.5 Å². The molecule has 22 nitrogen and oxygen atoms in total. The molecule has 0 fully saturated rings. The van der Waals surface area contributed by atoms with E-state index in [2.05, 4.69) is 36.9 Å². The molecule has 0 radical (unpaired) electrons. The summed E-state index contributed by atoms with van der Waals surface area (Å²) >= 11 is 0. The Morgan fingerprint density at radius 1 is 0.606 bits per heavy atom. The third kappa shape index (κ3) is 19.8. The lowest BCUT2D eigenvalue weighted by atomic mass is 9.97. The number of guanidine groups is 1. The zero-order chi connectivity index (χ0) is 49.7. The zero-order valence-electron chi connectivity index (χ0n) is 38.0. The third-order valence-corrected chi connectivity index (χ3v) is 10.5. The lowest BCUT2D eigenvalue weighted by molar-refractivity contribution is -0.139. The summed E-state index contributed by atoms with van der Waals surface area (Å²) in [5.41, 5.74) is 23.4. The molecule has 0 aliphatic carbocycles. The average Bonchev–Trinajstić information content (AvgIpc) is 3.25. The van der Waals surface area contributed by atoms with Gasteiger partial charge in [-0.3, -0.25) is 43.3 Å². The SMILES string of the molecule is CC[C@H](C)[C@H](NC(=O)[C@H](CCC(=O)O)NC(=O)[C@H](Cc1ccc(O)cc1)NC(=O)[C@H](CC(C)C)NC(=O)[C@@H](N)Cc1ccc(O)cc1)C(=O)N[C@@H](C)C(=O)N[C@@H](CCCN=C(N)N)C(N)=O. The van der Waals surface area contributed by atoms with E-state index in [0.29, 0.717) is 24.0 Å². The van der Waals surface area contributed by atoms with Crippen LogP contribution < -0.4 is 54.8 Å². The molecule has 66 heavy (non-hydrogen) atoms. The summed E-state index contributed by atoms with van der Waals surface area (Å²) in [6.07, 6.45) is -0.253. The van der Waals surface area contributed by atoms with Crippen LogP contribution >= 0.6 is 0 Å². The van der Waals surface area contributed by atoms with E-state index in [9.17, 15) is 53.7 Å². The largest absolute Gasteiger partial charge is 0.508 e. The van der Waals surface area contributed by atoms with Crippen LogP contribution in [0.2, 0.25) is 0 Å². The van der Waals surface area contributed by atoms with Crippen molar-refractivity contribution in [2.24, 2.45) is 39.8 Å². The fourth-order valence-corrected chi connectivity index (χ4v) is 6.53. The fourth-order valence-electron chi connectivity index (χ4n) is 6.53. The molecule has 7 amide bonds. The first-order chi connectivity index (χ1) is 31.0. The van der Waals surface area contributed by atoms with Gasteiger partial charge in [-0.15, -0.1) is 0 Å². The highest BCUT2D eigenvalue weighted by molar-refractivity contribution is 5.97. The topological polar surface area (TPSA) is 386 Å². The summed E-state index contributed by atoms with van der Waals surface area (Å²) in [6, 6.07) is 2.94. The van der Waals surface area contributed by atoms with Gasteiger partial charge in [0.15, 0.2) is 5.96 Å². The van der Waals surface area contributed by atoms with Crippen molar-refractivity contribution in [3.63, 3.8) is 0 Å². The minimum Gasteiger partial charge on any atom is -0.508 e. The minimum atomic E-state index is -1.56. The molecule has 2 aromatic carbocycles. The van der Waals surface area contributed by atoms with Gasteiger partial charge in [0.25, 0.3) is 0 Å². The van der Waals surface area contributed by atoms with Crippen LogP contribution in [0.25, 0.3) is 0 Å². The van der Waals surface area contributed by atoms with E-state index in [1.165, 1.54) is 43.3 Å². The maximum atomic E-state index is 14.2. The summed E-state index contributed by atoms with van der Waals surface area (Å²) in [4.78, 5) is 110. The van der Waals surface area contributed by atoms with E-state index in [0.717, 1.165) is 0 Å². The fraction of sp³-hybridized carbons (Fsp3) is 0.523. The monoisotopic (exact) mass is 926 g/mol. The lowest BCUT2D eigenvalue weighted by Crippen LogP contribution is -2.61. The van der Waals surface area contributed by atoms with Crippen molar-refractivity contribution in [2.45, 2.75) is 128 Å². The van der Waals surface area contributed by atoms with Crippen LogP contribution in [0.3, 0.4) is 0 Å². The molecule has 17 N–H and O–H groups in total. The molecular formula is C44H67N11O11. The predicted octanol–water partition coefficient (Wildman–Crippen LogP) is -1.37. The van der Waals surface area contributed by atoms with Crippen molar-refractivity contribution in [2.75, 3.05) is 6.54 Å². The molecule has 2 aromatic rings. The number of carbonyl (C=O) groups is 8. The van der Waals surface area contributed by atoms with Gasteiger partial charge in [0.2, 0.25) is 41.4 Å². The second-order valence-electron chi connectivity index (χ2n) is 16.6. The molecule has 0 aliphatic rings. The number of phenolic OH excluding ortho intramolecular Hbond substituents is 2. The Bertz CT molecular complexity index is 1990. The standard InChI is InChI=1S/C44H67N11O11/c1-6-24(4)36(43(66)50-25(5)38(61)51-31(37(46)60)8-7-19-49-44(47)48)55-40(63)32(17-18-35(58)59)52-42(65)34(22-27-11-15-29(57)16-12-27)54-41(64)33(20-23(2)3)53-39(62)30(45)21-26-9-13-28(56)14-10-26/h9-16,23-25,30-34,36,56-57H,6-8,17-22,45H2,1-5H3,(H2,46,60)(H,50,66)(H,51,61)(H,52,65)(H,53,62)(H,54,64)(H,55,63)(H,58,59)(H4,47,48,49)/t24-,25-,30-,31-,32-,33-,34-,36-/m0/s1. The van der Waals surface area contributed by atoms with Gasteiger partial charge in [-0.2, -0.15) is 0 Å². The highest BCUT2D eigenvalue weighted by atomic mass is 16.4. The van der Waals surface area contributed by atoms with Crippen molar-refractivity contribution in [3.05, 3.63) is 59.7 Å². The number of nitrogens with zero attached hydrogens (tertiary/aromatic N) is 1. The van der Waals surface area contributed by atoms with Crippen LogP contribution in [0.15, 0.2) is 53.5 Å². The highest BCUT2D eigenvalue weighted by Crippen LogP contribution is 2.15. The molecule has 2 rings (SSSR count). The molecule has 0 heterocycles. The quantitative estimate of drug-likeness (QED) is 0.0266. The number of aromatic hydroxyl groups is 2. The summed E-state index contributed by atoms with van der Waals surface area (Å²) in [5.74, 6) is -7.85. The molecule has 0 spiro atoms. The maximum Gasteiger partial charge on any atom is 0.303 e. The highest BCUT2D eigenvalue weighted by Gasteiger charge is 2.35. The molecule has 8 atom stereocenters. The first-order valence-electron chi connectivity index (χ1n) is 21.7. The lowest BCUT2D eigenvalue weighted by Gasteiger charge is -2.29. The first kappa shape index (κ1) is 55.2. The van der Waals surface area contributed by atoms with Crippen molar-refractivity contribution in [1.29, 1.82) is 0 Å². The average molecular weight is 926 g/mol. The summed E-state index contributed by atoms with van der Waals surface area (Å²) in [5, 5.41) is 44.5. The normalized spacial score (nSPS) is 14.7. The number of aliphatic carboxylic acids is 1. The number of carboxylic acid groups (broad SMARTS) is 1. The summed E-state index contributed by atoms with van der Waals surface area (Å²) < 4.78 is 0. The van der Waals surface area contributed by atoms with Gasteiger partial charge in [-0.25, -0.2) is 0 Å². The molecule has 0 saturated heterocycles. The van der Waals surface area contributed by atoms with Gasteiger partial charge >= 0.3 is 5.97 Å². The summed E-state index contributed by atoms with van der Waals surface area (Å²) in [7, 11) is 0. The predicted molar refractivity (Wildman–Crippen MR) is 244 cm³/mol. The van der Waals surface area contributed by atoms with Crippen molar-refractivity contribution in [3.8, 4) is 11.5 Å². The number of benzene rings is 2. The first-order valence-corrected chi connectivity index (χ1v) is 21.7. The van der Waals surface area contributed by atoms with Gasteiger partial charge in [0.1, 0.15) is 47.8 Å². The van der Waals surface area contributed by atoms with Crippen LogP contribution in [0, 0.1) is 11.8 Å². The number of amides is 7. The van der Waals surface area contributed by atoms with Crippen molar-refractivity contribution < 1.29 is 53.7 Å². The number of carboxylic acids is 1. The van der Waals surface area contributed by atoms with Crippen LogP contribution in [-0.2, 0) is 51.2 Å². The van der Waals surface area contributed by atoms with E-state index in [1.54, 1.807) is 26.0 Å².